The van der Waals surface area contributed by atoms with Crippen LogP contribution in [0, 0.1) is 17.7 Å². The Kier molecular flexibility index (Phi) is 6.94. The molecule has 2 aromatic carbocycles. The fraction of sp³-hybridized carbons (Fsp3) is 0.400. The molecule has 2 aliphatic rings. The van der Waals surface area contributed by atoms with Crippen LogP contribution in [0.3, 0.4) is 0 Å². The third-order valence-electron chi connectivity index (χ3n) is 6.82. The average Bonchev–Trinajstić information content (AvgIpc) is 3.23. The van der Waals surface area contributed by atoms with Gasteiger partial charge in [0.15, 0.2) is 0 Å². The van der Waals surface area contributed by atoms with E-state index < -0.39 is 41.5 Å². The molecule has 1 aliphatic carbocycles. The molecule has 0 spiro atoms. The van der Waals surface area contributed by atoms with Crippen molar-refractivity contribution < 1.29 is 45.4 Å². The first-order chi connectivity index (χ1) is 16.8. The maximum absolute atomic E-state index is 13.5. The number of amides is 1. The van der Waals surface area contributed by atoms with E-state index in [2.05, 4.69) is 0 Å². The molecule has 1 amide bonds. The van der Waals surface area contributed by atoms with E-state index in [9.17, 15) is 40.6 Å². The van der Waals surface area contributed by atoms with E-state index in [1.165, 1.54) is 17.0 Å². The lowest BCUT2D eigenvalue weighted by molar-refractivity contribution is -0.143. The molecule has 2 aromatic rings. The molecule has 1 unspecified atom stereocenters. The van der Waals surface area contributed by atoms with Gasteiger partial charge in [-0.25, -0.2) is 9.18 Å². The van der Waals surface area contributed by atoms with Gasteiger partial charge in [-0.1, -0.05) is 12.1 Å². The van der Waals surface area contributed by atoms with Crippen LogP contribution in [0.1, 0.15) is 41.0 Å². The van der Waals surface area contributed by atoms with Gasteiger partial charge in [0, 0.05) is 19.0 Å². The van der Waals surface area contributed by atoms with Crippen molar-refractivity contribution in [3.63, 3.8) is 0 Å². The van der Waals surface area contributed by atoms with Crippen molar-refractivity contribution in [1.29, 1.82) is 0 Å². The molecule has 4 atom stereocenters. The van der Waals surface area contributed by atoms with Gasteiger partial charge in [0.25, 0.3) is 0 Å². The van der Waals surface area contributed by atoms with Crippen molar-refractivity contribution >= 4 is 12.2 Å². The predicted molar refractivity (Wildman–Crippen MR) is 115 cm³/mol. The molecule has 11 heteroatoms. The first-order valence-electron chi connectivity index (χ1n) is 11.2. The molecule has 0 aromatic heterocycles. The molecule has 1 aliphatic heterocycles. The number of carboxylic acid groups (broad SMARTS) is 1. The van der Waals surface area contributed by atoms with Crippen LogP contribution in [0.25, 0.3) is 6.08 Å². The molecular weight excluding hydrogens is 495 g/mol. The second-order valence-corrected chi connectivity index (χ2v) is 9.08. The molecule has 1 N–H and O–H groups in total. The largest absolute Gasteiger partial charge is 0.497 e. The van der Waals surface area contributed by atoms with Gasteiger partial charge in [0.05, 0.1) is 17.4 Å². The Balaban J connectivity index is 1.60. The molecular formula is C25H22F7NO3. The molecule has 1 saturated heterocycles. The van der Waals surface area contributed by atoms with Gasteiger partial charge >= 0.3 is 18.4 Å². The number of hydrogen-bond acceptors (Lipinski definition) is 2. The number of alkyl halides is 6. The minimum atomic E-state index is -4.96. The van der Waals surface area contributed by atoms with Crippen LogP contribution >= 0.6 is 0 Å². The fourth-order valence-corrected chi connectivity index (χ4v) is 5.19. The van der Waals surface area contributed by atoms with Gasteiger partial charge in [0.1, 0.15) is 11.9 Å². The minimum Gasteiger partial charge on any atom is -0.497 e. The van der Waals surface area contributed by atoms with E-state index in [4.69, 9.17) is 4.74 Å². The van der Waals surface area contributed by atoms with Gasteiger partial charge in [-0.2, -0.15) is 26.3 Å². The van der Waals surface area contributed by atoms with E-state index in [0.717, 1.165) is 17.9 Å². The van der Waals surface area contributed by atoms with Crippen molar-refractivity contribution in [2.75, 3.05) is 13.1 Å². The zero-order chi connectivity index (χ0) is 26.3. The summed E-state index contributed by atoms with van der Waals surface area (Å²) in [6, 6.07) is 6.96. The third kappa shape index (κ3) is 5.60. The van der Waals surface area contributed by atoms with Crippen molar-refractivity contribution in [1.82, 2.24) is 4.90 Å². The molecule has 194 valence electrons. The lowest BCUT2D eigenvalue weighted by atomic mass is 9.69. The summed E-state index contributed by atoms with van der Waals surface area (Å²) in [5.41, 5.74) is -2.47. The quantitative estimate of drug-likeness (QED) is 0.350. The number of nitrogens with zero attached hydrogens (tertiary/aromatic N) is 1. The highest BCUT2D eigenvalue weighted by Gasteiger charge is 2.47. The molecule has 4 nitrogen and oxygen atoms in total. The summed E-state index contributed by atoms with van der Waals surface area (Å²) >= 11 is 0. The molecule has 2 fully saturated rings. The van der Waals surface area contributed by atoms with Crippen molar-refractivity contribution in [3.8, 4) is 0 Å². The molecule has 0 bridgehead atoms. The van der Waals surface area contributed by atoms with Gasteiger partial charge in [-0.05, 0) is 72.2 Å². The van der Waals surface area contributed by atoms with E-state index in [1.54, 1.807) is 12.1 Å². The minimum absolute atomic E-state index is 0.0535. The second kappa shape index (κ2) is 9.67. The Morgan fingerprint density at radius 3 is 2.11 bits per heavy atom. The Morgan fingerprint density at radius 2 is 1.56 bits per heavy atom. The molecule has 0 radical (unpaired) electrons. The highest BCUT2D eigenvalue weighted by Crippen LogP contribution is 2.47. The Labute approximate surface area is 202 Å². The normalized spacial score (nSPS) is 24.7. The van der Waals surface area contributed by atoms with Crippen LogP contribution < -0.4 is 0 Å². The topological polar surface area (TPSA) is 49.8 Å². The van der Waals surface area contributed by atoms with E-state index in [-0.39, 0.29) is 35.9 Å². The monoisotopic (exact) mass is 517 g/mol. The van der Waals surface area contributed by atoms with E-state index >= 15 is 0 Å². The van der Waals surface area contributed by atoms with Gasteiger partial charge in [-0.15, -0.1) is 0 Å². The number of rotatable bonds is 4. The second-order valence-electron chi connectivity index (χ2n) is 9.08. The summed E-state index contributed by atoms with van der Waals surface area (Å²) in [5, 5.41) is 9.42. The average molecular weight is 517 g/mol. The van der Waals surface area contributed by atoms with Crippen LogP contribution in [-0.2, 0) is 17.1 Å². The summed E-state index contributed by atoms with van der Waals surface area (Å²) in [7, 11) is 0. The number of hydrogen-bond donors (Lipinski definition) is 1. The van der Waals surface area contributed by atoms with Gasteiger partial charge < -0.3 is 14.7 Å². The van der Waals surface area contributed by atoms with Crippen LogP contribution in [0.4, 0.5) is 35.5 Å². The van der Waals surface area contributed by atoms with Crippen molar-refractivity contribution in [2.24, 2.45) is 11.8 Å². The summed E-state index contributed by atoms with van der Waals surface area (Å²) in [4.78, 5) is 12.8. The number of benzene rings is 2. The molecule has 36 heavy (non-hydrogen) atoms. The maximum Gasteiger partial charge on any atom is 0.416 e. The SMILES string of the molecule is O=C(O)N1C[C@H]2CCC(OC=Cc3cc(C(F)(F)F)cc(C(F)(F)F)c3)[C@H](c3ccc(F)cc3)[C@H]2C1. The number of ether oxygens (including phenoxy) is 1. The summed E-state index contributed by atoms with van der Waals surface area (Å²) in [6.07, 6.45) is -8.29. The zero-order valence-electron chi connectivity index (χ0n) is 18.7. The van der Waals surface area contributed by atoms with E-state index in [1.807, 2.05) is 0 Å². The zero-order valence-corrected chi connectivity index (χ0v) is 18.7. The van der Waals surface area contributed by atoms with Crippen LogP contribution in [0.2, 0.25) is 0 Å². The highest BCUT2D eigenvalue weighted by atomic mass is 19.4. The van der Waals surface area contributed by atoms with Gasteiger partial charge in [0.2, 0.25) is 0 Å². The Morgan fingerprint density at radius 1 is 0.944 bits per heavy atom. The standard InChI is InChI=1S/C25H22F7NO3/c26-19-4-1-15(2-5-19)22-20-13-33(23(34)35)12-16(20)3-6-21(22)36-8-7-14-9-17(24(27,28)29)11-18(10-14)25(30,31)32/h1-2,4-5,7-11,16,20-22H,3,6,12-13H2,(H,34,35)/t16-,20+,21?,22-/m1/s1. The lowest BCUT2D eigenvalue weighted by Crippen LogP contribution is -2.37. The lowest BCUT2D eigenvalue weighted by Gasteiger charge is -2.39. The first kappa shape index (κ1) is 25.8. The number of likely N-dealkylation sites (tertiary alicyclic amines) is 1. The van der Waals surface area contributed by atoms with E-state index in [0.29, 0.717) is 31.5 Å². The number of halogens is 7. The molecule has 4 rings (SSSR count). The number of carbonyl (C=O) groups is 1. The van der Waals surface area contributed by atoms with Gasteiger partial charge in [-0.3, -0.25) is 0 Å². The van der Waals surface area contributed by atoms with Crippen LogP contribution in [0.5, 0.6) is 0 Å². The van der Waals surface area contributed by atoms with Crippen LogP contribution in [0.15, 0.2) is 48.7 Å². The van der Waals surface area contributed by atoms with Crippen molar-refractivity contribution in [3.05, 3.63) is 76.8 Å². The fourth-order valence-electron chi connectivity index (χ4n) is 5.19. The molecule has 1 saturated carbocycles. The van der Waals surface area contributed by atoms with Crippen LogP contribution in [-0.4, -0.2) is 35.3 Å². The summed E-state index contributed by atoms with van der Waals surface area (Å²) in [5.74, 6) is -0.875. The smallest absolute Gasteiger partial charge is 0.416 e. The maximum atomic E-state index is 13.5. The molecule has 1 heterocycles. The highest BCUT2D eigenvalue weighted by molar-refractivity contribution is 5.65. The number of fused-ring (bicyclic) bond motifs is 1. The Hall–Kier alpha value is -3.24. The summed E-state index contributed by atoms with van der Waals surface area (Å²) in [6.45, 7) is 0.596. The third-order valence-corrected chi connectivity index (χ3v) is 6.82. The predicted octanol–water partition coefficient (Wildman–Crippen LogP) is 7.02. The first-order valence-corrected chi connectivity index (χ1v) is 11.2. The van der Waals surface area contributed by atoms with Crippen molar-refractivity contribution in [2.45, 2.75) is 37.2 Å². The summed E-state index contributed by atoms with van der Waals surface area (Å²) < 4.78 is 98.2. The Bertz CT molecular complexity index is 1100.